The molecule has 0 spiro atoms. The summed E-state index contributed by atoms with van der Waals surface area (Å²) in [6.07, 6.45) is 8.75. The van der Waals surface area contributed by atoms with Crippen LogP contribution in [0.25, 0.3) is 0 Å². The lowest BCUT2D eigenvalue weighted by Crippen LogP contribution is -2.58. The Kier molecular flexibility index (Phi) is 6.27. The van der Waals surface area contributed by atoms with Crippen LogP contribution in [0.2, 0.25) is 0 Å². The average molecular weight is 431 g/mol. The third kappa shape index (κ3) is 3.66. The molecule has 0 aromatic rings. The lowest BCUT2D eigenvalue weighted by atomic mass is 9.44. The van der Waals surface area contributed by atoms with E-state index in [0.717, 1.165) is 36.7 Å². The molecule has 3 heteroatoms. The van der Waals surface area contributed by atoms with Gasteiger partial charge in [-0.2, -0.15) is 0 Å². The molecule has 31 heavy (non-hydrogen) atoms. The van der Waals surface area contributed by atoms with E-state index in [1.54, 1.807) is 0 Å². The largest absolute Gasteiger partial charge is 0.390 e. The molecule has 1 unspecified atom stereocenters. The summed E-state index contributed by atoms with van der Waals surface area (Å²) in [4.78, 5) is 12.8. The highest BCUT2D eigenvalue weighted by Gasteiger charge is 2.62. The van der Waals surface area contributed by atoms with Crippen LogP contribution in [0.1, 0.15) is 92.4 Å². The highest BCUT2D eigenvalue weighted by molar-refractivity contribution is 5.95. The molecule has 2 N–H and O–H groups in total. The van der Waals surface area contributed by atoms with Gasteiger partial charge < -0.3 is 10.2 Å². The van der Waals surface area contributed by atoms with Crippen LogP contribution in [0.4, 0.5) is 0 Å². The quantitative estimate of drug-likeness (QED) is 0.543. The van der Waals surface area contributed by atoms with Crippen LogP contribution in [0.3, 0.4) is 0 Å². The SMILES string of the molecule is C=C(C(=O)C[C@@H](C)[C@H]1CC[C@H]2[C@@H]3CCC4[C@@H](O)[C@@H](O)CC[C@]4(C)[C@H]3CC[C@]12C)C(C)C. The summed E-state index contributed by atoms with van der Waals surface area (Å²) < 4.78 is 0. The molecule has 0 saturated heterocycles. The number of aliphatic hydroxyl groups is 2. The maximum atomic E-state index is 12.8. The molecule has 0 aliphatic heterocycles. The summed E-state index contributed by atoms with van der Waals surface area (Å²) in [6.45, 7) is 15.5. The molecule has 3 nitrogen and oxygen atoms in total. The van der Waals surface area contributed by atoms with Crippen molar-refractivity contribution >= 4 is 5.78 Å². The third-order valence-electron chi connectivity index (χ3n) is 11.1. The molecular weight excluding hydrogens is 384 g/mol. The Balaban J connectivity index is 1.50. The number of carbonyl (C=O) groups is 1. The first-order valence-corrected chi connectivity index (χ1v) is 13.1. The smallest absolute Gasteiger partial charge is 0.158 e. The van der Waals surface area contributed by atoms with Crippen LogP contribution < -0.4 is 0 Å². The summed E-state index contributed by atoms with van der Waals surface area (Å²) in [7, 11) is 0. The summed E-state index contributed by atoms with van der Waals surface area (Å²) in [6, 6.07) is 0. The van der Waals surface area contributed by atoms with E-state index in [4.69, 9.17) is 0 Å². The Labute approximate surface area is 190 Å². The predicted octanol–water partition coefficient (Wildman–Crippen LogP) is 5.78. The lowest BCUT2D eigenvalue weighted by Gasteiger charge is -2.62. The highest BCUT2D eigenvalue weighted by Crippen LogP contribution is 2.68. The number of aliphatic hydroxyl groups excluding tert-OH is 2. The predicted molar refractivity (Wildman–Crippen MR) is 125 cm³/mol. The van der Waals surface area contributed by atoms with Gasteiger partial charge in [-0.05, 0) is 109 Å². The van der Waals surface area contributed by atoms with Gasteiger partial charge in [0, 0.05) is 6.42 Å². The van der Waals surface area contributed by atoms with Gasteiger partial charge in [-0.25, -0.2) is 0 Å². The molecule has 0 radical (unpaired) electrons. The zero-order chi connectivity index (χ0) is 22.7. The van der Waals surface area contributed by atoms with Crippen LogP contribution in [0, 0.1) is 52.3 Å². The summed E-state index contributed by atoms with van der Waals surface area (Å²) in [5.41, 5.74) is 1.31. The second-order valence-corrected chi connectivity index (χ2v) is 12.7. The molecule has 176 valence electrons. The standard InChI is InChI=1S/C28H46O3/c1-16(2)18(4)25(30)15-17(3)20-9-10-21-19-7-8-23-26(31)24(29)12-14-28(23,6)22(19)11-13-27(20,21)5/h16-17,19-24,26,29,31H,4,7-15H2,1-3,5-6H3/t17-,19+,20-,21+,22+,23?,24+,26-,27-,28-/m1/s1. The first-order chi connectivity index (χ1) is 14.5. The van der Waals surface area contributed by atoms with Gasteiger partial charge in [0.1, 0.15) is 0 Å². The van der Waals surface area contributed by atoms with E-state index in [2.05, 4.69) is 41.2 Å². The molecule has 4 aliphatic carbocycles. The molecule has 0 aromatic carbocycles. The number of carbonyl (C=O) groups excluding carboxylic acids is 1. The van der Waals surface area contributed by atoms with Gasteiger partial charge in [0.15, 0.2) is 5.78 Å². The van der Waals surface area contributed by atoms with Crippen LogP contribution in [-0.2, 0) is 4.79 Å². The number of hydrogen-bond donors (Lipinski definition) is 2. The normalized spacial score (nSPS) is 47.9. The van der Waals surface area contributed by atoms with Crippen LogP contribution >= 0.6 is 0 Å². The Morgan fingerprint density at radius 3 is 2.19 bits per heavy atom. The zero-order valence-corrected chi connectivity index (χ0v) is 20.6. The lowest BCUT2D eigenvalue weighted by molar-refractivity contribution is -0.174. The van der Waals surface area contributed by atoms with Crippen LogP contribution in [-0.4, -0.2) is 28.2 Å². The van der Waals surface area contributed by atoms with Crippen molar-refractivity contribution in [1.29, 1.82) is 0 Å². The molecule has 0 amide bonds. The highest BCUT2D eigenvalue weighted by atomic mass is 16.3. The van der Waals surface area contributed by atoms with Crippen molar-refractivity contribution in [3.63, 3.8) is 0 Å². The molecule has 0 bridgehead atoms. The molecular formula is C28H46O3. The molecule has 4 rings (SSSR count). The summed E-state index contributed by atoms with van der Waals surface area (Å²) in [5, 5.41) is 21.0. The number of ketones is 1. The Morgan fingerprint density at radius 2 is 1.52 bits per heavy atom. The van der Waals surface area contributed by atoms with E-state index < -0.39 is 12.2 Å². The van der Waals surface area contributed by atoms with Crippen molar-refractivity contribution in [2.45, 2.75) is 105 Å². The summed E-state index contributed by atoms with van der Waals surface area (Å²) in [5.74, 6) is 4.01. The van der Waals surface area contributed by atoms with E-state index in [-0.39, 0.29) is 23.0 Å². The minimum absolute atomic E-state index is 0.178. The van der Waals surface area contributed by atoms with Crippen LogP contribution in [0.5, 0.6) is 0 Å². The van der Waals surface area contributed by atoms with Crippen molar-refractivity contribution in [1.82, 2.24) is 0 Å². The second kappa shape index (κ2) is 8.28. The van der Waals surface area contributed by atoms with Gasteiger partial charge in [0.25, 0.3) is 0 Å². The second-order valence-electron chi connectivity index (χ2n) is 12.7. The van der Waals surface area contributed by atoms with Crippen molar-refractivity contribution in [2.75, 3.05) is 0 Å². The van der Waals surface area contributed by atoms with Gasteiger partial charge in [-0.15, -0.1) is 0 Å². The molecule has 0 heterocycles. The van der Waals surface area contributed by atoms with Gasteiger partial charge in [0.2, 0.25) is 0 Å². The van der Waals surface area contributed by atoms with Gasteiger partial charge >= 0.3 is 0 Å². The maximum Gasteiger partial charge on any atom is 0.158 e. The minimum atomic E-state index is -0.538. The van der Waals surface area contributed by atoms with Gasteiger partial charge in [0.05, 0.1) is 12.2 Å². The van der Waals surface area contributed by atoms with Gasteiger partial charge in [-0.1, -0.05) is 41.2 Å². The number of fused-ring (bicyclic) bond motifs is 5. The molecule has 10 atom stereocenters. The third-order valence-corrected chi connectivity index (χ3v) is 11.1. The topological polar surface area (TPSA) is 57.5 Å². The van der Waals surface area contributed by atoms with Crippen molar-refractivity contribution in [2.24, 2.45) is 52.3 Å². The Hall–Kier alpha value is -0.670. The van der Waals surface area contributed by atoms with Gasteiger partial charge in [-0.3, -0.25) is 4.79 Å². The molecule has 4 saturated carbocycles. The van der Waals surface area contributed by atoms with E-state index in [1.807, 2.05) is 0 Å². The number of rotatable bonds is 5. The van der Waals surface area contributed by atoms with E-state index in [0.29, 0.717) is 29.6 Å². The minimum Gasteiger partial charge on any atom is -0.390 e. The molecule has 4 aliphatic rings. The van der Waals surface area contributed by atoms with E-state index in [9.17, 15) is 15.0 Å². The Bertz CT molecular complexity index is 713. The van der Waals surface area contributed by atoms with E-state index in [1.165, 1.54) is 32.1 Å². The monoisotopic (exact) mass is 430 g/mol. The molecule has 4 fully saturated rings. The average Bonchev–Trinajstić information content (AvgIpc) is 3.07. The van der Waals surface area contributed by atoms with Crippen LogP contribution in [0.15, 0.2) is 12.2 Å². The first kappa shape index (κ1) is 23.5. The fourth-order valence-corrected chi connectivity index (χ4v) is 9.18. The zero-order valence-electron chi connectivity index (χ0n) is 20.6. The Morgan fingerprint density at radius 1 is 0.903 bits per heavy atom. The van der Waals surface area contributed by atoms with E-state index >= 15 is 0 Å². The number of Topliss-reactive ketones (excluding diaryl/α,β-unsaturated/α-hetero) is 1. The van der Waals surface area contributed by atoms with Crippen molar-refractivity contribution in [3.05, 3.63) is 12.2 Å². The number of hydrogen-bond acceptors (Lipinski definition) is 3. The first-order valence-electron chi connectivity index (χ1n) is 13.1. The van der Waals surface area contributed by atoms with Crippen molar-refractivity contribution < 1.29 is 15.0 Å². The fraction of sp³-hybridized carbons (Fsp3) is 0.893. The molecule has 0 aromatic heterocycles. The number of allylic oxidation sites excluding steroid dienone is 1. The summed E-state index contributed by atoms with van der Waals surface area (Å²) >= 11 is 0. The van der Waals surface area contributed by atoms with Crippen molar-refractivity contribution in [3.8, 4) is 0 Å². The maximum absolute atomic E-state index is 12.8. The fourth-order valence-electron chi connectivity index (χ4n) is 9.18.